The summed E-state index contributed by atoms with van der Waals surface area (Å²) in [5.74, 6) is 0.432. The van der Waals surface area contributed by atoms with Gasteiger partial charge >= 0.3 is 0 Å². The molecule has 0 fully saturated rings. The van der Waals surface area contributed by atoms with Crippen LogP contribution in [-0.2, 0) is 5.41 Å². The molecule has 2 N–H and O–H groups in total. The molecular weight excluding hydrogens is 316 g/mol. The second-order valence-electron chi connectivity index (χ2n) is 5.07. The summed E-state index contributed by atoms with van der Waals surface area (Å²) in [7, 11) is 0. The van der Waals surface area contributed by atoms with E-state index in [-0.39, 0.29) is 5.41 Å². The molecule has 0 aliphatic carbocycles. The summed E-state index contributed by atoms with van der Waals surface area (Å²) in [6.07, 6.45) is 3.40. The van der Waals surface area contributed by atoms with Crippen LogP contribution in [0.15, 0.2) is 22.9 Å². The first-order valence-electron chi connectivity index (χ1n) is 5.46. The van der Waals surface area contributed by atoms with Gasteiger partial charge in [0.05, 0.1) is 17.6 Å². The third kappa shape index (κ3) is 2.37. The van der Waals surface area contributed by atoms with Gasteiger partial charge in [0.2, 0.25) is 0 Å². The standard InChI is InChI=1S/C12H14BrClN4/c1-12(2,3)10-9(14)11(15)18(17-10)8-4-7(13)5-16-6-8/h4-6H,15H2,1-3H3. The number of anilines is 1. The molecule has 0 unspecified atom stereocenters. The second-order valence-corrected chi connectivity index (χ2v) is 6.36. The van der Waals surface area contributed by atoms with E-state index in [0.29, 0.717) is 10.8 Å². The Balaban J connectivity index is 2.60. The summed E-state index contributed by atoms with van der Waals surface area (Å²) in [6.45, 7) is 6.14. The van der Waals surface area contributed by atoms with Crippen molar-refractivity contribution in [3.05, 3.63) is 33.6 Å². The minimum atomic E-state index is -0.157. The van der Waals surface area contributed by atoms with Gasteiger partial charge in [-0.25, -0.2) is 4.68 Å². The van der Waals surface area contributed by atoms with Gasteiger partial charge in [-0.05, 0) is 22.0 Å². The van der Waals surface area contributed by atoms with Gasteiger partial charge in [0.1, 0.15) is 10.8 Å². The van der Waals surface area contributed by atoms with Crippen molar-refractivity contribution in [2.75, 3.05) is 5.73 Å². The zero-order valence-electron chi connectivity index (χ0n) is 10.4. The van der Waals surface area contributed by atoms with Crippen LogP contribution in [0.5, 0.6) is 0 Å². The lowest BCUT2D eigenvalue weighted by atomic mass is 9.92. The van der Waals surface area contributed by atoms with Crippen LogP contribution in [0, 0.1) is 0 Å². The van der Waals surface area contributed by atoms with E-state index < -0.39 is 0 Å². The third-order valence-corrected chi connectivity index (χ3v) is 3.31. The highest BCUT2D eigenvalue weighted by molar-refractivity contribution is 9.10. The molecule has 0 radical (unpaired) electrons. The molecule has 6 heteroatoms. The van der Waals surface area contributed by atoms with E-state index in [4.69, 9.17) is 17.3 Å². The molecule has 2 rings (SSSR count). The quantitative estimate of drug-likeness (QED) is 0.870. The van der Waals surface area contributed by atoms with Crippen molar-refractivity contribution in [2.24, 2.45) is 0 Å². The predicted octanol–water partition coefficient (Wildman–Crippen LogP) is 3.56. The van der Waals surface area contributed by atoms with Crippen LogP contribution in [-0.4, -0.2) is 14.8 Å². The van der Waals surface area contributed by atoms with Crippen LogP contribution in [0.25, 0.3) is 5.69 Å². The topological polar surface area (TPSA) is 56.7 Å². The van der Waals surface area contributed by atoms with Gasteiger partial charge in [0.15, 0.2) is 0 Å². The maximum Gasteiger partial charge on any atom is 0.146 e. The Bertz CT molecular complexity index is 586. The van der Waals surface area contributed by atoms with E-state index in [2.05, 4.69) is 26.0 Å². The van der Waals surface area contributed by atoms with Gasteiger partial charge < -0.3 is 5.73 Å². The first-order chi connectivity index (χ1) is 8.30. The fourth-order valence-electron chi connectivity index (χ4n) is 1.60. The number of aromatic nitrogens is 3. The van der Waals surface area contributed by atoms with Gasteiger partial charge in [-0.1, -0.05) is 32.4 Å². The van der Waals surface area contributed by atoms with Crippen molar-refractivity contribution in [1.29, 1.82) is 0 Å². The van der Waals surface area contributed by atoms with E-state index in [0.717, 1.165) is 15.9 Å². The first kappa shape index (κ1) is 13.4. The number of halogens is 2. The lowest BCUT2D eigenvalue weighted by Crippen LogP contribution is -2.13. The van der Waals surface area contributed by atoms with Crippen LogP contribution >= 0.6 is 27.5 Å². The van der Waals surface area contributed by atoms with Crippen LogP contribution in [0.3, 0.4) is 0 Å². The maximum atomic E-state index is 6.25. The van der Waals surface area contributed by atoms with Crippen molar-refractivity contribution >= 4 is 33.3 Å². The van der Waals surface area contributed by atoms with Gasteiger partial charge in [-0.15, -0.1) is 0 Å². The molecule has 0 aliphatic rings. The van der Waals surface area contributed by atoms with Crippen LogP contribution in [0.1, 0.15) is 26.5 Å². The SMILES string of the molecule is CC(C)(C)c1nn(-c2cncc(Br)c2)c(N)c1Cl. The molecule has 0 aromatic carbocycles. The molecule has 4 nitrogen and oxygen atoms in total. The summed E-state index contributed by atoms with van der Waals surface area (Å²) >= 11 is 9.62. The fourth-order valence-corrected chi connectivity index (χ4v) is 2.36. The lowest BCUT2D eigenvalue weighted by molar-refractivity contribution is 0.560. The second kappa shape index (κ2) is 4.55. The van der Waals surface area contributed by atoms with Crippen molar-refractivity contribution in [2.45, 2.75) is 26.2 Å². The van der Waals surface area contributed by atoms with E-state index in [1.165, 1.54) is 0 Å². The van der Waals surface area contributed by atoms with Crippen molar-refractivity contribution in [1.82, 2.24) is 14.8 Å². The highest BCUT2D eigenvalue weighted by Crippen LogP contribution is 2.34. The zero-order chi connectivity index (χ0) is 13.5. The van der Waals surface area contributed by atoms with Gasteiger partial charge in [-0.3, -0.25) is 4.98 Å². The summed E-state index contributed by atoms with van der Waals surface area (Å²) in [5.41, 5.74) is 7.41. The van der Waals surface area contributed by atoms with Gasteiger partial charge in [0.25, 0.3) is 0 Å². The highest BCUT2D eigenvalue weighted by atomic mass is 79.9. The van der Waals surface area contributed by atoms with Gasteiger partial charge in [0, 0.05) is 16.1 Å². The Morgan fingerprint density at radius 1 is 1.33 bits per heavy atom. The Kier molecular flexibility index (Phi) is 3.38. The summed E-state index contributed by atoms with van der Waals surface area (Å²) < 4.78 is 2.48. The summed E-state index contributed by atoms with van der Waals surface area (Å²) in [6, 6.07) is 1.89. The smallest absolute Gasteiger partial charge is 0.146 e. The number of rotatable bonds is 1. The largest absolute Gasteiger partial charge is 0.382 e. The van der Waals surface area contributed by atoms with Crippen LogP contribution in [0.4, 0.5) is 5.82 Å². The van der Waals surface area contributed by atoms with Crippen molar-refractivity contribution in [3.8, 4) is 5.69 Å². The minimum Gasteiger partial charge on any atom is -0.382 e. The Hall–Kier alpha value is -1.07. The number of hydrogen-bond acceptors (Lipinski definition) is 3. The normalized spacial score (nSPS) is 11.8. The monoisotopic (exact) mass is 328 g/mol. The Morgan fingerprint density at radius 2 is 2.00 bits per heavy atom. The zero-order valence-corrected chi connectivity index (χ0v) is 12.7. The molecule has 2 aromatic rings. The number of nitrogens with two attached hydrogens (primary N) is 1. The molecule has 0 amide bonds. The molecular formula is C12H14BrClN4. The van der Waals surface area contributed by atoms with Gasteiger partial charge in [-0.2, -0.15) is 5.10 Å². The molecule has 2 aromatic heterocycles. The third-order valence-electron chi connectivity index (χ3n) is 2.51. The fraction of sp³-hybridized carbons (Fsp3) is 0.333. The van der Waals surface area contributed by atoms with E-state index in [9.17, 15) is 0 Å². The molecule has 0 saturated heterocycles. The molecule has 2 heterocycles. The Morgan fingerprint density at radius 3 is 2.50 bits per heavy atom. The molecule has 0 atom stereocenters. The minimum absolute atomic E-state index is 0.157. The molecule has 96 valence electrons. The molecule has 18 heavy (non-hydrogen) atoms. The Labute approximate surface area is 119 Å². The predicted molar refractivity (Wildman–Crippen MR) is 77.2 cm³/mol. The molecule has 0 bridgehead atoms. The van der Waals surface area contributed by atoms with E-state index in [1.54, 1.807) is 17.1 Å². The lowest BCUT2D eigenvalue weighted by Gasteiger charge is -2.15. The van der Waals surface area contributed by atoms with Crippen molar-refractivity contribution in [3.63, 3.8) is 0 Å². The van der Waals surface area contributed by atoms with Crippen LogP contribution < -0.4 is 5.73 Å². The number of pyridine rings is 1. The average Bonchev–Trinajstić information content (AvgIpc) is 2.55. The molecule has 0 aliphatic heterocycles. The van der Waals surface area contributed by atoms with E-state index in [1.807, 2.05) is 26.8 Å². The molecule has 0 spiro atoms. The number of hydrogen-bond donors (Lipinski definition) is 1. The average molecular weight is 330 g/mol. The maximum absolute atomic E-state index is 6.25. The first-order valence-corrected chi connectivity index (χ1v) is 6.63. The van der Waals surface area contributed by atoms with Crippen LogP contribution in [0.2, 0.25) is 5.02 Å². The highest BCUT2D eigenvalue weighted by Gasteiger charge is 2.25. The van der Waals surface area contributed by atoms with Crippen molar-refractivity contribution < 1.29 is 0 Å². The molecule has 0 saturated carbocycles. The van der Waals surface area contributed by atoms with E-state index >= 15 is 0 Å². The number of nitrogens with zero attached hydrogens (tertiary/aromatic N) is 3. The summed E-state index contributed by atoms with van der Waals surface area (Å²) in [4.78, 5) is 4.10. The number of nitrogen functional groups attached to an aromatic ring is 1. The summed E-state index contributed by atoms with van der Waals surface area (Å²) in [5, 5.41) is 4.99.